The van der Waals surface area contributed by atoms with Gasteiger partial charge in [-0.25, -0.2) is 0 Å². The Labute approximate surface area is 115 Å². The van der Waals surface area contributed by atoms with Gasteiger partial charge in [0.05, 0.1) is 7.11 Å². The monoisotopic (exact) mass is 261 g/mol. The van der Waals surface area contributed by atoms with Crippen molar-refractivity contribution >= 4 is 5.91 Å². The maximum absolute atomic E-state index is 12.1. The second-order valence-corrected chi connectivity index (χ2v) is 5.12. The summed E-state index contributed by atoms with van der Waals surface area (Å²) in [6.07, 6.45) is 2.66. The number of carbonyl (C=O) groups is 1. The molecule has 104 valence electrons. The van der Waals surface area contributed by atoms with E-state index in [2.05, 4.69) is 26.0 Å². The van der Waals surface area contributed by atoms with Crippen LogP contribution in [-0.4, -0.2) is 30.5 Å². The Bertz CT molecular complexity index is 444. The molecular formula is C16H23NO2. The smallest absolute Gasteiger partial charge is 0.222 e. The number of methoxy groups -OCH3 is 1. The topological polar surface area (TPSA) is 29.5 Å². The van der Waals surface area contributed by atoms with Crippen molar-refractivity contribution in [1.29, 1.82) is 0 Å². The van der Waals surface area contributed by atoms with E-state index in [-0.39, 0.29) is 0 Å². The fourth-order valence-corrected chi connectivity index (χ4v) is 2.71. The first kappa shape index (κ1) is 13.9. The highest BCUT2D eigenvalue weighted by molar-refractivity contribution is 5.77. The molecule has 1 aromatic rings. The van der Waals surface area contributed by atoms with Gasteiger partial charge in [0.1, 0.15) is 5.75 Å². The molecule has 0 spiro atoms. The van der Waals surface area contributed by atoms with Crippen LogP contribution in [0.4, 0.5) is 0 Å². The van der Waals surface area contributed by atoms with E-state index in [0.29, 0.717) is 24.3 Å². The molecule has 1 aliphatic carbocycles. The molecule has 2 unspecified atom stereocenters. The number of benzene rings is 1. The molecule has 0 aromatic heterocycles. The van der Waals surface area contributed by atoms with E-state index in [1.807, 2.05) is 17.0 Å². The van der Waals surface area contributed by atoms with Crippen LogP contribution in [0.2, 0.25) is 0 Å². The normalized spacial score (nSPS) is 21.0. The van der Waals surface area contributed by atoms with Crippen molar-refractivity contribution in [3.05, 3.63) is 29.8 Å². The molecule has 0 N–H and O–H groups in total. The second-order valence-electron chi connectivity index (χ2n) is 5.12. The van der Waals surface area contributed by atoms with Crippen molar-refractivity contribution in [2.45, 2.75) is 45.1 Å². The molecule has 2 rings (SSSR count). The molecule has 3 nitrogen and oxygen atoms in total. The van der Waals surface area contributed by atoms with Gasteiger partial charge in [0, 0.05) is 24.9 Å². The number of rotatable bonds is 6. The van der Waals surface area contributed by atoms with Crippen LogP contribution in [0.15, 0.2) is 24.3 Å². The molecule has 1 amide bonds. The van der Waals surface area contributed by atoms with E-state index in [9.17, 15) is 4.79 Å². The minimum atomic E-state index is 0.292. The Morgan fingerprint density at radius 3 is 2.84 bits per heavy atom. The predicted molar refractivity (Wildman–Crippen MR) is 76.4 cm³/mol. The molecule has 1 saturated carbocycles. The lowest BCUT2D eigenvalue weighted by molar-refractivity contribution is -0.131. The number of amides is 1. The van der Waals surface area contributed by atoms with Gasteiger partial charge in [-0.15, -0.1) is 0 Å². The van der Waals surface area contributed by atoms with Crippen molar-refractivity contribution in [1.82, 2.24) is 4.90 Å². The van der Waals surface area contributed by atoms with Gasteiger partial charge >= 0.3 is 0 Å². The van der Waals surface area contributed by atoms with Crippen LogP contribution in [-0.2, 0) is 4.79 Å². The summed E-state index contributed by atoms with van der Waals surface area (Å²) in [6.45, 7) is 4.93. The van der Waals surface area contributed by atoms with Gasteiger partial charge in [-0.1, -0.05) is 19.1 Å². The highest BCUT2D eigenvalue weighted by Gasteiger charge is 2.43. The summed E-state index contributed by atoms with van der Waals surface area (Å²) >= 11 is 0. The summed E-state index contributed by atoms with van der Waals surface area (Å²) in [7, 11) is 1.69. The van der Waals surface area contributed by atoms with Gasteiger partial charge in [-0.2, -0.15) is 0 Å². The largest absolute Gasteiger partial charge is 0.497 e. The van der Waals surface area contributed by atoms with Crippen molar-refractivity contribution < 1.29 is 9.53 Å². The molecule has 2 atom stereocenters. The van der Waals surface area contributed by atoms with Crippen molar-refractivity contribution in [2.75, 3.05) is 13.7 Å². The van der Waals surface area contributed by atoms with E-state index >= 15 is 0 Å². The lowest BCUT2D eigenvalue weighted by atomic mass is 10.1. The van der Waals surface area contributed by atoms with Crippen LogP contribution >= 0.6 is 0 Å². The van der Waals surface area contributed by atoms with E-state index in [4.69, 9.17) is 4.74 Å². The lowest BCUT2D eigenvalue weighted by Gasteiger charge is -2.21. The maximum atomic E-state index is 12.1. The first-order valence-electron chi connectivity index (χ1n) is 7.14. The summed E-state index contributed by atoms with van der Waals surface area (Å²) in [4.78, 5) is 14.1. The predicted octanol–water partition coefficient (Wildman–Crippen LogP) is 3.20. The van der Waals surface area contributed by atoms with Gasteiger partial charge in [-0.05, 0) is 37.5 Å². The van der Waals surface area contributed by atoms with Gasteiger partial charge in [-0.3, -0.25) is 4.79 Å². The zero-order valence-electron chi connectivity index (χ0n) is 12.1. The average Bonchev–Trinajstić information content (AvgIpc) is 3.20. The van der Waals surface area contributed by atoms with Crippen LogP contribution < -0.4 is 4.74 Å². The Kier molecular flexibility index (Phi) is 4.46. The molecule has 19 heavy (non-hydrogen) atoms. The van der Waals surface area contributed by atoms with Crippen molar-refractivity contribution in [2.24, 2.45) is 0 Å². The van der Waals surface area contributed by atoms with Gasteiger partial charge in [0.25, 0.3) is 0 Å². The standard InChI is InChI=1S/C16H23NO2/c1-4-7-16(18)17(5-2)15-11-14(15)12-8-6-9-13(10-12)19-3/h6,8-10,14-15H,4-5,7,11H2,1-3H3. The number of ether oxygens (including phenoxy) is 1. The van der Waals surface area contributed by atoms with Crippen LogP contribution in [0.1, 0.15) is 44.6 Å². The van der Waals surface area contributed by atoms with Crippen LogP contribution in [0.25, 0.3) is 0 Å². The highest BCUT2D eigenvalue weighted by atomic mass is 16.5. The summed E-state index contributed by atoms with van der Waals surface area (Å²) in [5.74, 6) is 1.67. The number of hydrogen-bond acceptors (Lipinski definition) is 2. The molecular weight excluding hydrogens is 238 g/mol. The fraction of sp³-hybridized carbons (Fsp3) is 0.562. The summed E-state index contributed by atoms with van der Waals surface area (Å²) in [5, 5.41) is 0. The van der Waals surface area contributed by atoms with Gasteiger partial charge < -0.3 is 9.64 Å². The summed E-state index contributed by atoms with van der Waals surface area (Å²) < 4.78 is 5.26. The number of nitrogens with zero attached hydrogens (tertiary/aromatic N) is 1. The first-order valence-corrected chi connectivity index (χ1v) is 7.14. The number of hydrogen-bond donors (Lipinski definition) is 0. The zero-order chi connectivity index (χ0) is 13.8. The highest BCUT2D eigenvalue weighted by Crippen LogP contribution is 2.45. The zero-order valence-corrected chi connectivity index (χ0v) is 12.1. The average molecular weight is 261 g/mol. The minimum Gasteiger partial charge on any atom is -0.497 e. The SMILES string of the molecule is CCCC(=O)N(CC)C1CC1c1cccc(OC)c1. The molecule has 0 bridgehead atoms. The lowest BCUT2D eigenvalue weighted by Crippen LogP contribution is -2.33. The third-order valence-electron chi connectivity index (χ3n) is 3.80. The van der Waals surface area contributed by atoms with Crippen LogP contribution in [0.3, 0.4) is 0 Å². The molecule has 1 aliphatic rings. The van der Waals surface area contributed by atoms with Crippen LogP contribution in [0.5, 0.6) is 5.75 Å². The third-order valence-corrected chi connectivity index (χ3v) is 3.80. The molecule has 0 radical (unpaired) electrons. The molecule has 0 saturated heterocycles. The fourth-order valence-electron chi connectivity index (χ4n) is 2.71. The summed E-state index contributed by atoms with van der Waals surface area (Å²) in [6, 6.07) is 8.58. The van der Waals surface area contributed by atoms with Crippen LogP contribution in [0, 0.1) is 0 Å². The van der Waals surface area contributed by atoms with Crippen molar-refractivity contribution in [3.63, 3.8) is 0 Å². The molecule has 0 aliphatic heterocycles. The quantitative estimate of drug-likeness (QED) is 0.787. The molecule has 1 aromatic carbocycles. The maximum Gasteiger partial charge on any atom is 0.222 e. The van der Waals surface area contributed by atoms with Gasteiger partial charge in [0.2, 0.25) is 5.91 Å². The van der Waals surface area contributed by atoms with Crippen molar-refractivity contribution in [3.8, 4) is 5.75 Å². The second kappa shape index (κ2) is 6.09. The molecule has 1 fully saturated rings. The summed E-state index contributed by atoms with van der Waals surface area (Å²) in [5.41, 5.74) is 1.28. The third kappa shape index (κ3) is 3.09. The minimum absolute atomic E-state index is 0.292. The Balaban J connectivity index is 2.04. The first-order chi connectivity index (χ1) is 9.21. The Morgan fingerprint density at radius 2 is 2.21 bits per heavy atom. The number of carbonyl (C=O) groups excluding carboxylic acids is 1. The van der Waals surface area contributed by atoms with Gasteiger partial charge in [0.15, 0.2) is 0 Å². The number of likely N-dealkylation sites (N-methyl/N-ethyl adjacent to an activating group) is 1. The van der Waals surface area contributed by atoms with E-state index in [1.54, 1.807) is 7.11 Å². The molecule has 3 heteroatoms. The van der Waals surface area contributed by atoms with E-state index in [0.717, 1.165) is 25.1 Å². The van der Waals surface area contributed by atoms with E-state index < -0.39 is 0 Å². The Hall–Kier alpha value is -1.51. The Morgan fingerprint density at radius 1 is 1.42 bits per heavy atom. The molecule has 0 heterocycles. The van der Waals surface area contributed by atoms with E-state index in [1.165, 1.54) is 5.56 Å².